The quantitative estimate of drug-likeness (QED) is 0.478. The Hall–Kier alpha value is -3.30. The molecule has 3 aromatic rings. The fourth-order valence-corrected chi connectivity index (χ4v) is 3.69. The van der Waals surface area contributed by atoms with Gasteiger partial charge in [-0.05, 0) is 63.1 Å². The third-order valence-corrected chi connectivity index (χ3v) is 5.20. The van der Waals surface area contributed by atoms with E-state index in [1.165, 1.54) is 6.08 Å². The predicted octanol–water partition coefficient (Wildman–Crippen LogP) is 6.27. The smallest absolute Gasteiger partial charge is 0.412 e. The second-order valence-electron chi connectivity index (χ2n) is 8.17. The number of allylic oxidation sites excluding steroid dienone is 2. The van der Waals surface area contributed by atoms with Crippen LogP contribution in [0.3, 0.4) is 0 Å². The molecule has 7 heteroatoms. The molecule has 1 unspecified atom stereocenters. The molecule has 1 amide bonds. The lowest BCUT2D eigenvalue weighted by atomic mass is 9.86. The largest absolute Gasteiger partial charge is 0.444 e. The normalized spacial score (nSPS) is 13.7. The van der Waals surface area contributed by atoms with Crippen LogP contribution in [0.1, 0.15) is 39.7 Å². The number of carbonyl (C=O) groups is 1. The van der Waals surface area contributed by atoms with Gasteiger partial charge >= 0.3 is 6.09 Å². The first-order valence-electron chi connectivity index (χ1n) is 10.0. The summed E-state index contributed by atoms with van der Waals surface area (Å²) < 4.78 is 7.26. The summed E-state index contributed by atoms with van der Waals surface area (Å²) in [5, 5.41) is 18.1. The molecule has 31 heavy (non-hydrogen) atoms. The molecule has 6 nitrogen and oxygen atoms in total. The molecular formula is C24H25ClN4O2. The molecule has 0 aliphatic heterocycles. The van der Waals surface area contributed by atoms with E-state index < -0.39 is 17.2 Å². The Labute approximate surface area is 187 Å². The van der Waals surface area contributed by atoms with Gasteiger partial charge in [0, 0.05) is 16.5 Å². The van der Waals surface area contributed by atoms with Crippen molar-refractivity contribution in [3.63, 3.8) is 0 Å². The van der Waals surface area contributed by atoms with Crippen molar-refractivity contribution in [1.82, 2.24) is 9.78 Å². The number of nitrogens with one attached hydrogen (secondary N) is 1. The van der Waals surface area contributed by atoms with Crippen molar-refractivity contribution >= 4 is 34.3 Å². The van der Waals surface area contributed by atoms with Crippen LogP contribution in [0.4, 0.5) is 10.5 Å². The van der Waals surface area contributed by atoms with Gasteiger partial charge in [0.05, 0.1) is 23.5 Å². The first kappa shape index (κ1) is 22.4. The number of nitrogens with zero attached hydrogens (tertiary/aromatic N) is 3. The summed E-state index contributed by atoms with van der Waals surface area (Å²) in [5.41, 5.74) is 1.06. The average Bonchev–Trinajstić information content (AvgIpc) is 3.14. The number of hydrogen-bond acceptors (Lipinski definition) is 4. The third kappa shape index (κ3) is 4.73. The summed E-state index contributed by atoms with van der Waals surface area (Å²) in [6, 6.07) is 15.2. The molecule has 2 aromatic carbocycles. The third-order valence-electron chi connectivity index (χ3n) is 4.94. The molecule has 0 saturated carbocycles. The van der Waals surface area contributed by atoms with Gasteiger partial charge in [-0.3, -0.25) is 10.00 Å². The Bertz CT molecular complexity index is 1150. The molecule has 0 saturated heterocycles. The van der Waals surface area contributed by atoms with Crippen molar-refractivity contribution in [3.05, 3.63) is 71.4 Å². The van der Waals surface area contributed by atoms with Crippen LogP contribution in [-0.2, 0) is 10.3 Å². The molecule has 1 atom stereocenters. The molecule has 0 radical (unpaired) electrons. The van der Waals surface area contributed by atoms with E-state index in [0.29, 0.717) is 17.1 Å². The van der Waals surface area contributed by atoms with Gasteiger partial charge in [-0.15, -0.1) is 0 Å². The minimum Gasteiger partial charge on any atom is -0.444 e. The number of amides is 1. The zero-order valence-corrected chi connectivity index (χ0v) is 18.8. The zero-order chi connectivity index (χ0) is 22.6. The van der Waals surface area contributed by atoms with E-state index in [9.17, 15) is 10.1 Å². The van der Waals surface area contributed by atoms with E-state index in [1.54, 1.807) is 12.3 Å². The van der Waals surface area contributed by atoms with Crippen LogP contribution in [0.25, 0.3) is 10.9 Å². The first-order valence-corrected chi connectivity index (χ1v) is 10.4. The number of nitriles is 1. The Morgan fingerprint density at radius 1 is 1.26 bits per heavy atom. The van der Waals surface area contributed by atoms with Crippen LogP contribution in [-0.4, -0.2) is 21.5 Å². The number of halogens is 1. The molecule has 1 aromatic heterocycles. The number of rotatable bonds is 5. The zero-order valence-electron chi connectivity index (χ0n) is 18.0. The molecule has 0 spiro atoms. The molecule has 0 bridgehead atoms. The van der Waals surface area contributed by atoms with Gasteiger partial charge in [0.15, 0.2) is 0 Å². The maximum atomic E-state index is 12.3. The number of aromatic nitrogens is 2. The topological polar surface area (TPSA) is 79.9 Å². The van der Waals surface area contributed by atoms with Crippen LogP contribution < -0.4 is 5.32 Å². The van der Waals surface area contributed by atoms with Crippen molar-refractivity contribution in [2.75, 3.05) is 5.32 Å². The molecule has 0 aliphatic rings. The van der Waals surface area contributed by atoms with Crippen molar-refractivity contribution in [2.24, 2.45) is 0 Å². The van der Waals surface area contributed by atoms with Gasteiger partial charge < -0.3 is 4.74 Å². The molecule has 1 heterocycles. The maximum Gasteiger partial charge on any atom is 0.412 e. The van der Waals surface area contributed by atoms with Crippen molar-refractivity contribution in [1.29, 1.82) is 5.26 Å². The predicted molar refractivity (Wildman–Crippen MR) is 123 cm³/mol. The fourth-order valence-electron chi connectivity index (χ4n) is 3.57. The number of carbonyl (C=O) groups excluding carboxylic acids is 1. The average molecular weight is 437 g/mol. The van der Waals surface area contributed by atoms with Gasteiger partial charge in [0.1, 0.15) is 11.1 Å². The molecule has 3 rings (SSSR count). The van der Waals surface area contributed by atoms with Crippen molar-refractivity contribution in [2.45, 2.75) is 45.3 Å². The molecular weight excluding hydrogens is 412 g/mol. The first-order chi connectivity index (χ1) is 14.7. The van der Waals surface area contributed by atoms with Crippen LogP contribution >= 0.6 is 11.6 Å². The number of ether oxygens (including phenoxy) is 1. The standard InChI is InChI=1S/C24H25ClN4O2/c1-5-24(14-7-15-26,17-10-12-18(25)13-11-17)29-21-9-6-8-20(19(21)16-27-29)28-22(30)31-23(2,3)4/h6-14,16H,5H2,1-4H3,(H,28,30)/b14-7-. The summed E-state index contributed by atoms with van der Waals surface area (Å²) in [6.45, 7) is 7.48. The fraction of sp³-hybridized carbons (Fsp3) is 0.292. The van der Waals surface area contributed by atoms with Gasteiger partial charge in [0.2, 0.25) is 0 Å². The lowest BCUT2D eigenvalue weighted by Gasteiger charge is -2.31. The van der Waals surface area contributed by atoms with Crippen LogP contribution in [0.5, 0.6) is 0 Å². The minimum atomic E-state index is -0.702. The number of benzene rings is 2. The second-order valence-corrected chi connectivity index (χ2v) is 8.61. The Morgan fingerprint density at radius 2 is 1.97 bits per heavy atom. The molecule has 0 fully saturated rings. The van der Waals surface area contributed by atoms with E-state index in [2.05, 4.69) is 16.5 Å². The summed E-state index contributed by atoms with van der Waals surface area (Å²) in [4.78, 5) is 12.3. The molecule has 0 aliphatic carbocycles. The number of hydrogen-bond donors (Lipinski definition) is 1. The van der Waals surface area contributed by atoms with Crippen LogP contribution in [0, 0.1) is 11.3 Å². The van der Waals surface area contributed by atoms with Gasteiger partial charge in [-0.25, -0.2) is 4.79 Å². The van der Waals surface area contributed by atoms with Gasteiger partial charge in [-0.1, -0.05) is 36.7 Å². The summed E-state index contributed by atoms with van der Waals surface area (Å²) in [6.07, 6.45) is 5.14. The lowest BCUT2D eigenvalue weighted by molar-refractivity contribution is 0.0636. The SMILES string of the molecule is CCC(/C=C\C#N)(c1ccc(Cl)cc1)n1ncc2c(NC(=O)OC(C)(C)C)cccc21. The summed E-state index contributed by atoms with van der Waals surface area (Å²) in [7, 11) is 0. The van der Waals surface area contributed by atoms with E-state index in [-0.39, 0.29) is 0 Å². The van der Waals surface area contributed by atoms with E-state index in [0.717, 1.165) is 16.5 Å². The van der Waals surface area contributed by atoms with E-state index in [4.69, 9.17) is 16.3 Å². The summed E-state index contributed by atoms with van der Waals surface area (Å²) in [5.74, 6) is 0. The highest BCUT2D eigenvalue weighted by Gasteiger charge is 2.32. The monoisotopic (exact) mass is 436 g/mol. The Morgan fingerprint density at radius 3 is 2.58 bits per heavy atom. The van der Waals surface area contributed by atoms with Crippen LogP contribution in [0.2, 0.25) is 5.02 Å². The number of anilines is 1. The minimum absolute atomic E-state index is 0.531. The maximum absolute atomic E-state index is 12.3. The van der Waals surface area contributed by atoms with E-state index >= 15 is 0 Å². The summed E-state index contributed by atoms with van der Waals surface area (Å²) >= 11 is 6.10. The van der Waals surface area contributed by atoms with Crippen LogP contribution in [0.15, 0.2) is 60.8 Å². The highest BCUT2D eigenvalue weighted by Crippen LogP contribution is 2.36. The van der Waals surface area contributed by atoms with E-state index in [1.807, 2.05) is 74.9 Å². The number of fused-ring (bicyclic) bond motifs is 1. The Kier molecular flexibility index (Phi) is 6.37. The highest BCUT2D eigenvalue weighted by atomic mass is 35.5. The molecule has 1 N–H and O–H groups in total. The molecule has 160 valence electrons. The van der Waals surface area contributed by atoms with Gasteiger partial charge in [0.25, 0.3) is 0 Å². The Balaban J connectivity index is 2.13. The lowest BCUT2D eigenvalue weighted by Crippen LogP contribution is -2.33. The van der Waals surface area contributed by atoms with Crippen molar-refractivity contribution in [3.8, 4) is 6.07 Å². The second kappa shape index (κ2) is 8.83. The van der Waals surface area contributed by atoms with Crippen molar-refractivity contribution < 1.29 is 9.53 Å². The van der Waals surface area contributed by atoms with Gasteiger partial charge in [-0.2, -0.15) is 10.4 Å². The highest BCUT2D eigenvalue weighted by molar-refractivity contribution is 6.30.